The number of aliphatic hydroxyl groups is 1. The predicted molar refractivity (Wildman–Crippen MR) is 93.5 cm³/mol. The second-order valence-electron chi connectivity index (χ2n) is 5.68. The molecule has 0 fully saturated rings. The summed E-state index contributed by atoms with van der Waals surface area (Å²) < 4.78 is 1.60. The highest BCUT2D eigenvalue weighted by atomic mass is 35.5. The SMILES string of the molecule is CC(c1ccccc1)C(O)Cn1cc(-c2cc(Cl)cnc2N)nn1. The zero-order valence-corrected chi connectivity index (χ0v) is 13.9. The van der Waals surface area contributed by atoms with Crippen LogP contribution in [-0.2, 0) is 6.54 Å². The second kappa shape index (κ2) is 6.98. The fourth-order valence-corrected chi connectivity index (χ4v) is 2.65. The Kier molecular flexibility index (Phi) is 4.78. The van der Waals surface area contributed by atoms with Gasteiger partial charge in [0.05, 0.1) is 23.9 Å². The highest BCUT2D eigenvalue weighted by Gasteiger charge is 2.18. The van der Waals surface area contributed by atoms with Crippen LogP contribution in [0.1, 0.15) is 18.4 Å². The topological polar surface area (TPSA) is 89.8 Å². The minimum atomic E-state index is -0.586. The smallest absolute Gasteiger partial charge is 0.133 e. The lowest BCUT2D eigenvalue weighted by Gasteiger charge is -2.18. The molecule has 0 bridgehead atoms. The van der Waals surface area contributed by atoms with Crippen molar-refractivity contribution in [1.29, 1.82) is 0 Å². The fourth-order valence-electron chi connectivity index (χ4n) is 2.49. The maximum atomic E-state index is 10.5. The van der Waals surface area contributed by atoms with Crippen molar-refractivity contribution in [2.75, 3.05) is 5.73 Å². The third-order valence-corrected chi connectivity index (χ3v) is 4.18. The van der Waals surface area contributed by atoms with E-state index in [1.54, 1.807) is 16.9 Å². The number of aromatic nitrogens is 4. The molecule has 0 saturated heterocycles. The van der Waals surface area contributed by atoms with Gasteiger partial charge in [0.15, 0.2) is 0 Å². The van der Waals surface area contributed by atoms with Crippen LogP contribution in [0.25, 0.3) is 11.3 Å². The first-order valence-electron chi connectivity index (χ1n) is 7.59. The first kappa shape index (κ1) is 16.4. The standard InChI is InChI=1S/C17H18ClN5O/c1-11(12-5-3-2-4-6-12)16(24)10-23-9-15(21-22-23)14-7-13(18)8-20-17(14)19/h2-9,11,16,24H,10H2,1H3,(H2,19,20). The molecule has 0 saturated carbocycles. The molecule has 0 aliphatic rings. The van der Waals surface area contributed by atoms with Gasteiger partial charge in [0.1, 0.15) is 11.5 Å². The minimum Gasteiger partial charge on any atom is -0.391 e. The molecule has 2 unspecified atom stereocenters. The summed E-state index contributed by atoms with van der Waals surface area (Å²) in [5, 5.41) is 19.1. The van der Waals surface area contributed by atoms with Gasteiger partial charge in [0.25, 0.3) is 0 Å². The lowest BCUT2D eigenvalue weighted by molar-refractivity contribution is 0.124. The van der Waals surface area contributed by atoms with Crippen LogP contribution in [0.5, 0.6) is 0 Å². The van der Waals surface area contributed by atoms with E-state index >= 15 is 0 Å². The number of pyridine rings is 1. The quantitative estimate of drug-likeness (QED) is 0.743. The summed E-state index contributed by atoms with van der Waals surface area (Å²) in [6.07, 6.45) is 2.62. The summed E-state index contributed by atoms with van der Waals surface area (Å²) in [5.41, 5.74) is 8.13. The van der Waals surface area contributed by atoms with Gasteiger partial charge in [0.2, 0.25) is 0 Å². The lowest BCUT2D eigenvalue weighted by atomic mass is 9.95. The summed E-state index contributed by atoms with van der Waals surface area (Å²) >= 11 is 5.95. The number of halogens is 1. The molecule has 2 atom stereocenters. The Balaban J connectivity index is 1.75. The monoisotopic (exact) mass is 343 g/mol. The molecular weight excluding hydrogens is 326 g/mol. The zero-order chi connectivity index (χ0) is 17.1. The molecule has 3 rings (SSSR count). The Morgan fingerprint density at radius 3 is 2.79 bits per heavy atom. The average Bonchev–Trinajstić information content (AvgIpc) is 3.05. The molecule has 0 radical (unpaired) electrons. The van der Waals surface area contributed by atoms with Crippen molar-refractivity contribution in [3.05, 3.63) is 59.4 Å². The van der Waals surface area contributed by atoms with Crippen LogP contribution in [0, 0.1) is 0 Å². The number of anilines is 1. The molecule has 7 heteroatoms. The Labute approximate surface area is 144 Å². The van der Waals surface area contributed by atoms with E-state index in [4.69, 9.17) is 17.3 Å². The van der Waals surface area contributed by atoms with Gasteiger partial charge in [-0.3, -0.25) is 0 Å². The minimum absolute atomic E-state index is 0.0169. The van der Waals surface area contributed by atoms with Gasteiger partial charge in [0, 0.05) is 17.7 Å². The summed E-state index contributed by atoms with van der Waals surface area (Å²) in [6, 6.07) is 11.6. The van der Waals surface area contributed by atoms with E-state index in [2.05, 4.69) is 15.3 Å². The van der Waals surface area contributed by atoms with E-state index in [1.165, 1.54) is 6.20 Å². The van der Waals surface area contributed by atoms with Gasteiger partial charge < -0.3 is 10.8 Å². The summed E-state index contributed by atoms with van der Waals surface area (Å²) in [7, 11) is 0. The van der Waals surface area contributed by atoms with Gasteiger partial charge in [-0.15, -0.1) is 5.10 Å². The molecule has 24 heavy (non-hydrogen) atoms. The molecule has 0 aliphatic carbocycles. The number of hydrogen-bond donors (Lipinski definition) is 2. The summed E-state index contributed by atoms with van der Waals surface area (Å²) in [4.78, 5) is 4.01. The number of hydrogen-bond acceptors (Lipinski definition) is 5. The van der Waals surface area contributed by atoms with Crippen molar-refractivity contribution in [2.45, 2.75) is 25.5 Å². The number of rotatable bonds is 5. The van der Waals surface area contributed by atoms with Crippen LogP contribution >= 0.6 is 11.6 Å². The number of benzene rings is 1. The summed E-state index contributed by atoms with van der Waals surface area (Å²) in [6.45, 7) is 2.31. The van der Waals surface area contributed by atoms with E-state index in [1.807, 2.05) is 37.3 Å². The average molecular weight is 344 g/mol. The number of nitrogen functional groups attached to an aromatic ring is 1. The van der Waals surface area contributed by atoms with E-state index in [0.29, 0.717) is 28.6 Å². The molecular formula is C17H18ClN5O. The van der Waals surface area contributed by atoms with Crippen molar-refractivity contribution in [3.63, 3.8) is 0 Å². The molecule has 3 aromatic rings. The molecule has 6 nitrogen and oxygen atoms in total. The van der Waals surface area contributed by atoms with Crippen molar-refractivity contribution < 1.29 is 5.11 Å². The molecule has 3 N–H and O–H groups in total. The van der Waals surface area contributed by atoms with Gasteiger partial charge in [-0.05, 0) is 11.6 Å². The normalized spacial score (nSPS) is 13.6. The first-order chi connectivity index (χ1) is 11.5. The number of aliphatic hydroxyl groups excluding tert-OH is 1. The Morgan fingerprint density at radius 2 is 2.04 bits per heavy atom. The van der Waals surface area contributed by atoms with Gasteiger partial charge >= 0.3 is 0 Å². The Morgan fingerprint density at radius 1 is 1.29 bits per heavy atom. The number of nitrogens with two attached hydrogens (primary N) is 1. The molecule has 0 aliphatic heterocycles. The van der Waals surface area contributed by atoms with Crippen molar-refractivity contribution >= 4 is 17.4 Å². The molecule has 0 amide bonds. The van der Waals surface area contributed by atoms with Gasteiger partial charge in [-0.2, -0.15) is 0 Å². The largest absolute Gasteiger partial charge is 0.391 e. The predicted octanol–water partition coefficient (Wildman–Crippen LogP) is 2.74. The third-order valence-electron chi connectivity index (χ3n) is 3.98. The van der Waals surface area contributed by atoms with E-state index in [0.717, 1.165) is 5.56 Å². The van der Waals surface area contributed by atoms with E-state index < -0.39 is 6.10 Å². The van der Waals surface area contributed by atoms with Crippen LogP contribution in [0.4, 0.5) is 5.82 Å². The zero-order valence-electron chi connectivity index (χ0n) is 13.2. The van der Waals surface area contributed by atoms with E-state index in [-0.39, 0.29) is 5.92 Å². The molecule has 1 aromatic carbocycles. The Hall–Kier alpha value is -2.44. The van der Waals surface area contributed by atoms with Crippen LogP contribution in [0.3, 0.4) is 0 Å². The molecule has 124 valence electrons. The maximum Gasteiger partial charge on any atom is 0.133 e. The van der Waals surface area contributed by atoms with Crippen molar-refractivity contribution in [2.24, 2.45) is 0 Å². The second-order valence-corrected chi connectivity index (χ2v) is 6.12. The fraction of sp³-hybridized carbons (Fsp3) is 0.235. The van der Waals surface area contributed by atoms with Crippen molar-refractivity contribution in [3.8, 4) is 11.3 Å². The Bertz CT molecular complexity index is 821. The highest BCUT2D eigenvalue weighted by molar-refractivity contribution is 6.30. The number of nitrogens with zero attached hydrogens (tertiary/aromatic N) is 4. The highest BCUT2D eigenvalue weighted by Crippen LogP contribution is 2.25. The first-order valence-corrected chi connectivity index (χ1v) is 7.97. The van der Waals surface area contributed by atoms with Crippen LogP contribution in [-0.4, -0.2) is 31.2 Å². The van der Waals surface area contributed by atoms with E-state index in [9.17, 15) is 5.11 Å². The van der Waals surface area contributed by atoms with Crippen LogP contribution < -0.4 is 5.73 Å². The molecule has 2 heterocycles. The molecule has 0 spiro atoms. The van der Waals surface area contributed by atoms with Crippen LogP contribution in [0.15, 0.2) is 48.8 Å². The summed E-state index contributed by atoms with van der Waals surface area (Å²) in [5.74, 6) is 0.321. The van der Waals surface area contributed by atoms with Crippen LogP contribution in [0.2, 0.25) is 5.02 Å². The van der Waals surface area contributed by atoms with Crippen molar-refractivity contribution in [1.82, 2.24) is 20.0 Å². The van der Waals surface area contributed by atoms with Gasteiger partial charge in [-0.1, -0.05) is 54.1 Å². The van der Waals surface area contributed by atoms with Gasteiger partial charge in [-0.25, -0.2) is 9.67 Å². The molecule has 2 aromatic heterocycles. The lowest BCUT2D eigenvalue weighted by Crippen LogP contribution is -2.22. The maximum absolute atomic E-state index is 10.5. The third kappa shape index (κ3) is 3.55.